The number of morpholine rings is 1. The predicted molar refractivity (Wildman–Crippen MR) is 62.6 cm³/mol. The van der Waals surface area contributed by atoms with Crippen molar-refractivity contribution in [3.8, 4) is 0 Å². The van der Waals surface area contributed by atoms with Gasteiger partial charge >= 0.3 is 0 Å². The van der Waals surface area contributed by atoms with E-state index in [2.05, 4.69) is 0 Å². The molecule has 1 unspecified atom stereocenters. The number of carbonyl (C=O) groups is 1. The van der Waals surface area contributed by atoms with Gasteiger partial charge in [-0.15, -0.1) is 0 Å². The molecule has 5 nitrogen and oxygen atoms in total. The summed E-state index contributed by atoms with van der Waals surface area (Å²) >= 11 is 0. The van der Waals surface area contributed by atoms with Gasteiger partial charge in [-0.25, -0.2) is 0 Å². The summed E-state index contributed by atoms with van der Waals surface area (Å²) in [5, 5.41) is 0. The summed E-state index contributed by atoms with van der Waals surface area (Å²) in [5.74, 6) is 0.248. The van der Waals surface area contributed by atoms with Crippen LogP contribution < -0.4 is 5.73 Å². The van der Waals surface area contributed by atoms with Crippen LogP contribution >= 0.6 is 0 Å². The summed E-state index contributed by atoms with van der Waals surface area (Å²) in [6.45, 7) is 5.35. The van der Waals surface area contributed by atoms with Gasteiger partial charge in [-0.3, -0.25) is 4.79 Å². The second-order valence-electron chi connectivity index (χ2n) is 4.87. The largest absolute Gasteiger partial charge is 0.459 e. The van der Waals surface area contributed by atoms with Crippen molar-refractivity contribution in [2.45, 2.75) is 25.5 Å². The first-order chi connectivity index (χ1) is 8.04. The first kappa shape index (κ1) is 12.1. The molecule has 0 aliphatic carbocycles. The molecule has 0 aromatic carbocycles. The minimum absolute atomic E-state index is 0.0954. The average Bonchev–Trinajstić information content (AvgIpc) is 2.81. The van der Waals surface area contributed by atoms with E-state index in [1.165, 1.54) is 6.26 Å². The third-order valence-electron chi connectivity index (χ3n) is 3.03. The maximum atomic E-state index is 12.3. The Kier molecular flexibility index (Phi) is 3.22. The highest BCUT2D eigenvalue weighted by Crippen LogP contribution is 2.24. The molecule has 2 heterocycles. The monoisotopic (exact) mass is 238 g/mol. The van der Waals surface area contributed by atoms with Crippen LogP contribution in [-0.2, 0) is 4.74 Å². The van der Waals surface area contributed by atoms with Crippen molar-refractivity contribution >= 4 is 5.91 Å². The number of carbonyl (C=O) groups excluding carboxylic acids is 1. The van der Waals surface area contributed by atoms with Crippen LogP contribution in [0.15, 0.2) is 22.8 Å². The minimum atomic E-state index is -0.338. The average molecular weight is 238 g/mol. The summed E-state index contributed by atoms with van der Waals surface area (Å²) in [6.07, 6.45) is 1.41. The zero-order valence-electron chi connectivity index (χ0n) is 10.2. The molecule has 17 heavy (non-hydrogen) atoms. The number of hydrogen-bond acceptors (Lipinski definition) is 4. The lowest BCUT2D eigenvalue weighted by atomic mass is 10.00. The molecular weight excluding hydrogens is 220 g/mol. The molecule has 1 fully saturated rings. The van der Waals surface area contributed by atoms with Gasteiger partial charge < -0.3 is 19.8 Å². The van der Waals surface area contributed by atoms with Gasteiger partial charge in [0.25, 0.3) is 5.91 Å². The SMILES string of the molecule is CC1(C)COC(CN)CN1C(=O)c1ccco1. The number of furan rings is 1. The molecule has 94 valence electrons. The predicted octanol–water partition coefficient (Wildman–Crippen LogP) is 0.858. The zero-order valence-corrected chi connectivity index (χ0v) is 10.2. The quantitative estimate of drug-likeness (QED) is 0.829. The summed E-state index contributed by atoms with van der Waals surface area (Å²) in [7, 11) is 0. The third-order valence-corrected chi connectivity index (χ3v) is 3.03. The van der Waals surface area contributed by atoms with Crippen molar-refractivity contribution < 1.29 is 13.9 Å². The molecule has 1 atom stereocenters. The highest BCUT2D eigenvalue weighted by Gasteiger charge is 2.38. The molecular formula is C12H18N2O3. The molecule has 2 N–H and O–H groups in total. The van der Waals surface area contributed by atoms with Gasteiger partial charge in [-0.1, -0.05) is 0 Å². The van der Waals surface area contributed by atoms with Crippen LogP contribution in [0.2, 0.25) is 0 Å². The van der Waals surface area contributed by atoms with Crippen molar-refractivity contribution in [3.63, 3.8) is 0 Å². The summed E-state index contributed by atoms with van der Waals surface area (Å²) < 4.78 is 10.7. The maximum Gasteiger partial charge on any atom is 0.290 e. The Morgan fingerprint density at radius 3 is 3.00 bits per heavy atom. The number of nitrogens with two attached hydrogens (primary N) is 1. The first-order valence-electron chi connectivity index (χ1n) is 5.72. The fraction of sp³-hybridized carbons (Fsp3) is 0.583. The number of nitrogens with zero attached hydrogens (tertiary/aromatic N) is 1. The van der Waals surface area contributed by atoms with E-state index in [1.54, 1.807) is 17.0 Å². The van der Waals surface area contributed by atoms with Gasteiger partial charge in [-0.2, -0.15) is 0 Å². The minimum Gasteiger partial charge on any atom is -0.459 e. The summed E-state index contributed by atoms with van der Waals surface area (Å²) in [6, 6.07) is 3.38. The maximum absolute atomic E-state index is 12.3. The molecule has 1 saturated heterocycles. The van der Waals surface area contributed by atoms with E-state index in [9.17, 15) is 4.79 Å². The Bertz CT molecular complexity index is 386. The lowest BCUT2D eigenvalue weighted by Gasteiger charge is -2.44. The number of rotatable bonds is 2. The fourth-order valence-corrected chi connectivity index (χ4v) is 1.94. The molecule has 1 amide bonds. The summed E-state index contributed by atoms with van der Waals surface area (Å²) in [4.78, 5) is 14.0. The lowest BCUT2D eigenvalue weighted by molar-refractivity contribution is -0.0796. The standard InChI is InChI=1S/C12H18N2O3/c1-12(2)8-17-9(6-13)7-14(12)11(15)10-4-3-5-16-10/h3-5,9H,6-8,13H2,1-2H3. The smallest absolute Gasteiger partial charge is 0.290 e. The molecule has 1 aliphatic rings. The molecule has 1 aromatic rings. The van der Waals surface area contributed by atoms with Gasteiger partial charge in [0, 0.05) is 13.1 Å². The van der Waals surface area contributed by atoms with Crippen molar-refractivity contribution in [1.82, 2.24) is 4.90 Å². The van der Waals surface area contributed by atoms with Gasteiger partial charge in [0.15, 0.2) is 5.76 Å². The molecule has 0 bridgehead atoms. The van der Waals surface area contributed by atoms with E-state index < -0.39 is 0 Å². The van der Waals surface area contributed by atoms with E-state index in [-0.39, 0.29) is 17.6 Å². The van der Waals surface area contributed by atoms with Crippen molar-refractivity contribution in [1.29, 1.82) is 0 Å². The molecule has 5 heteroatoms. The molecule has 1 aliphatic heterocycles. The van der Waals surface area contributed by atoms with Crippen LogP contribution in [0.4, 0.5) is 0 Å². The second-order valence-corrected chi connectivity index (χ2v) is 4.87. The molecule has 2 rings (SSSR count). The number of amides is 1. The number of hydrogen-bond donors (Lipinski definition) is 1. The zero-order chi connectivity index (χ0) is 12.5. The van der Waals surface area contributed by atoms with Gasteiger partial charge in [0.2, 0.25) is 0 Å². The highest BCUT2D eigenvalue weighted by atomic mass is 16.5. The van der Waals surface area contributed by atoms with Crippen LogP contribution in [0.1, 0.15) is 24.4 Å². The van der Waals surface area contributed by atoms with Crippen molar-refractivity contribution in [3.05, 3.63) is 24.2 Å². The Labute approximate surface area is 101 Å². The Balaban J connectivity index is 2.19. The van der Waals surface area contributed by atoms with Crippen LogP contribution in [0, 0.1) is 0 Å². The Morgan fingerprint density at radius 2 is 2.41 bits per heavy atom. The van der Waals surface area contributed by atoms with Crippen LogP contribution in [0.3, 0.4) is 0 Å². The van der Waals surface area contributed by atoms with Gasteiger partial charge in [0.1, 0.15) is 0 Å². The highest BCUT2D eigenvalue weighted by molar-refractivity contribution is 5.92. The topological polar surface area (TPSA) is 68.7 Å². The van der Waals surface area contributed by atoms with Crippen LogP contribution in [0.5, 0.6) is 0 Å². The summed E-state index contributed by atoms with van der Waals surface area (Å²) in [5.41, 5.74) is 5.25. The molecule has 1 aromatic heterocycles. The lowest BCUT2D eigenvalue weighted by Crippen LogP contribution is -2.59. The van der Waals surface area contributed by atoms with Gasteiger partial charge in [-0.05, 0) is 26.0 Å². The Morgan fingerprint density at radius 1 is 1.65 bits per heavy atom. The number of ether oxygens (including phenoxy) is 1. The second kappa shape index (κ2) is 4.50. The first-order valence-corrected chi connectivity index (χ1v) is 5.72. The van der Waals surface area contributed by atoms with E-state index in [4.69, 9.17) is 14.9 Å². The fourth-order valence-electron chi connectivity index (χ4n) is 1.94. The Hall–Kier alpha value is -1.33. The van der Waals surface area contributed by atoms with Crippen LogP contribution in [-0.4, -0.2) is 42.1 Å². The van der Waals surface area contributed by atoms with Crippen LogP contribution in [0.25, 0.3) is 0 Å². The normalized spacial score (nSPS) is 23.7. The molecule has 0 spiro atoms. The van der Waals surface area contributed by atoms with Crippen molar-refractivity contribution in [2.24, 2.45) is 5.73 Å². The molecule has 0 radical (unpaired) electrons. The van der Waals surface area contributed by atoms with E-state index in [1.807, 2.05) is 13.8 Å². The van der Waals surface area contributed by atoms with Crippen molar-refractivity contribution in [2.75, 3.05) is 19.7 Å². The van der Waals surface area contributed by atoms with E-state index >= 15 is 0 Å². The molecule has 0 saturated carbocycles. The van der Waals surface area contributed by atoms with E-state index in [0.29, 0.717) is 25.5 Å². The third kappa shape index (κ3) is 2.35. The van der Waals surface area contributed by atoms with Gasteiger partial charge in [0.05, 0.1) is 24.5 Å². The van der Waals surface area contributed by atoms with E-state index in [0.717, 1.165) is 0 Å².